The number of anilines is 3. The molecular formula is C17H14Cl2N4O2S2. The molecule has 1 amide bonds. The van der Waals surface area contributed by atoms with Gasteiger partial charge in [0.25, 0.3) is 0 Å². The molecule has 0 fully saturated rings. The Morgan fingerprint density at radius 2 is 1.93 bits per heavy atom. The SMILES string of the molecule is COc1ccccc1Nc1nnc(SCC(=O)Nc2cccc(Cl)c2Cl)s1. The number of nitrogens with one attached hydrogen (secondary N) is 2. The van der Waals surface area contributed by atoms with Crippen LogP contribution in [0.15, 0.2) is 46.8 Å². The molecule has 0 aliphatic carbocycles. The van der Waals surface area contributed by atoms with Crippen molar-refractivity contribution in [2.75, 3.05) is 23.5 Å². The predicted octanol–water partition coefficient (Wildman–Crippen LogP) is 5.33. The molecule has 0 aliphatic rings. The zero-order valence-corrected chi connectivity index (χ0v) is 17.2. The molecule has 6 nitrogen and oxygen atoms in total. The van der Waals surface area contributed by atoms with Gasteiger partial charge in [-0.15, -0.1) is 10.2 Å². The highest BCUT2D eigenvalue weighted by atomic mass is 35.5. The number of thioether (sulfide) groups is 1. The minimum atomic E-state index is -0.210. The van der Waals surface area contributed by atoms with E-state index in [0.29, 0.717) is 31.0 Å². The number of hydrogen-bond acceptors (Lipinski definition) is 7. The molecule has 140 valence electrons. The van der Waals surface area contributed by atoms with Gasteiger partial charge in [0.1, 0.15) is 5.75 Å². The first-order valence-corrected chi connectivity index (χ1v) is 10.2. The van der Waals surface area contributed by atoms with Gasteiger partial charge in [0.05, 0.1) is 34.3 Å². The standard InChI is InChI=1S/C17H14Cl2N4O2S2/c1-25-13-8-3-2-6-11(13)21-16-22-23-17(27-16)26-9-14(24)20-12-7-4-5-10(18)15(12)19/h2-8H,9H2,1H3,(H,20,24)(H,21,22). The molecule has 0 radical (unpaired) electrons. The summed E-state index contributed by atoms with van der Waals surface area (Å²) in [6.45, 7) is 0. The summed E-state index contributed by atoms with van der Waals surface area (Å²) >= 11 is 14.6. The first-order chi connectivity index (χ1) is 13.1. The molecule has 0 saturated heterocycles. The van der Waals surface area contributed by atoms with Gasteiger partial charge in [-0.25, -0.2) is 0 Å². The number of nitrogens with zero attached hydrogens (tertiary/aromatic N) is 2. The van der Waals surface area contributed by atoms with Crippen LogP contribution in [0, 0.1) is 0 Å². The number of halogens is 2. The van der Waals surface area contributed by atoms with Crippen LogP contribution in [0.5, 0.6) is 5.75 Å². The topological polar surface area (TPSA) is 76.1 Å². The lowest BCUT2D eigenvalue weighted by Crippen LogP contribution is -2.14. The van der Waals surface area contributed by atoms with Gasteiger partial charge >= 0.3 is 0 Å². The number of hydrogen-bond donors (Lipinski definition) is 2. The largest absolute Gasteiger partial charge is 0.495 e. The molecule has 27 heavy (non-hydrogen) atoms. The maximum absolute atomic E-state index is 12.1. The van der Waals surface area contributed by atoms with E-state index >= 15 is 0 Å². The van der Waals surface area contributed by atoms with E-state index in [4.69, 9.17) is 27.9 Å². The fourth-order valence-corrected chi connectivity index (χ4v) is 4.01. The quantitative estimate of drug-likeness (QED) is 0.483. The van der Waals surface area contributed by atoms with Gasteiger partial charge in [-0.05, 0) is 24.3 Å². The maximum atomic E-state index is 12.1. The Bertz CT molecular complexity index is 952. The summed E-state index contributed by atoms with van der Waals surface area (Å²) in [5.41, 5.74) is 1.27. The summed E-state index contributed by atoms with van der Waals surface area (Å²) < 4.78 is 5.96. The van der Waals surface area contributed by atoms with Crippen molar-refractivity contribution in [3.63, 3.8) is 0 Å². The Morgan fingerprint density at radius 1 is 1.15 bits per heavy atom. The van der Waals surface area contributed by atoms with Gasteiger partial charge in [-0.2, -0.15) is 0 Å². The van der Waals surface area contributed by atoms with Crippen molar-refractivity contribution in [1.82, 2.24) is 10.2 Å². The van der Waals surface area contributed by atoms with E-state index in [1.165, 1.54) is 23.1 Å². The monoisotopic (exact) mass is 440 g/mol. The molecule has 1 aromatic heterocycles. The summed E-state index contributed by atoms with van der Waals surface area (Å²) in [6, 6.07) is 12.6. The highest BCUT2D eigenvalue weighted by Crippen LogP contribution is 2.32. The molecule has 0 bridgehead atoms. The number of benzene rings is 2. The van der Waals surface area contributed by atoms with Gasteiger partial charge < -0.3 is 15.4 Å². The minimum absolute atomic E-state index is 0.173. The Labute approximate surface area is 174 Å². The highest BCUT2D eigenvalue weighted by Gasteiger charge is 2.12. The zero-order chi connectivity index (χ0) is 19.2. The molecule has 1 heterocycles. The van der Waals surface area contributed by atoms with Crippen molar-refractivity contribution in [3.05, 3.63) is 52.5 Å². The van der Waals surface area contributed by atoms with Crippen LogP contribution < -0.4 is 15.4 Å². The van der Waals surface area contributed by atoms with Crippen molar-refractivity contribution in [2.24, 2.45) is 0 Å². The lowest BCUT2D eigenvalue weighted by Gasteiger charge is -2.07. The maximum Gasteiger partial charge on any atom is 0.234 e. The number of amides is 1. The second-order valence-corrected chi connectivity index (χ2v) is 8.12. The van der Waals surface area contributed by atoms with Gasteiger partial charge in [-0.1, -0.05) is 64.5 Å². The van der Waals surface area contributed by atoms with Crippen molar-refractivity contribution < 1.29 is 9.53 Å². The number of ether oxygens (including phenoxy) is 1. The predicted molar refractivity (Wildman–Crippen MR) is 112 cm³/mol. The summed E-state index contributed by atoms with van der Waals surface area (Å²) in [6.07, 6.45) is 0. The molecule has 10 heteroatoms. The minimum Gasteiger partial charge on any atom is -0.495 e. The highest BCUT2D eigenvalue weighted by molar-refractivity contribution is 8.01. The van der Waals surface area contributed by atoms with E-state index in [9.17, 15) is 4.79 Å². The molecule has 3 rings (SSSR count). The third kappa shape index (κ3) is 5.26. The van der Waals surface area contributed by atoms with Crippen LogP contribution in [-0.4, -0.2) is 29.0 Å². The zero-order valence-electron chi connectivity index (χ0n) is 14.0. The Balaban J connectivity index is 1.56. The van der Waals surface area contributed by atoms with Crippen LogP contribution in [0.1, 0.15) is 0 Å². The summed E-state index contributed by atoms with van der Waals surface area (Å²) in [5.74, 6) is 0.671. The van der Waals surface area contributed by atoms with Crippen LogP contribution >= 0.6 is 46.3 Å². The first-order valence-electron chi connectivity index (χ1n) is 7.67. The number of para-hydroxylation sites is 2. The van der Waals surface area contributed by atoms with E-state index in [0.717, 1.165) is 5.69 Å². The van der Waals surface area contributed by atoms with Crippen LogP contribution in [0.4, 0.5) is 16.5 Å². The van der Waals surface area contributed by atoms with Crippen molar-refractivity contribution in [1.29, 1.82) is 0 Å². The molecular weight excluding hydrogens is 427 g/mol. The molecule has 2 N–H and O–H groups in total. The summed E-state index contributed by atoms with van der Waals surface area (Å²) in [5, 5.41) is 15.4. The van der Waals surface area contributed by atoms with Crippen molar-refractivity contribution >= 4 is 68.7 Å². The van der Waals surface area contributed by atoms with Crippen LogP contribution in [0.3, 0.4) is 0 Å². The molecule has 0 atom stereocenters. The second kappa shape index (κ2) is 9.27. The molecule has 0 unspecified atom stereocenters. The lowest BCUT2D eigenvalue weighted by atomic mass is 10.3. The van der Waals surface area contributed by atoms with Crippen LogP contribution in [0.2, 0.25) is 10.0 Å². The number of methoxy groups -OCH3 is 1. The smallest absolute Gasteiger partial charge is 0.234 e. The van der Waals surface area contributed by atoms with Crippen LogP contribution in [0.25, 0.3) is 0 Å². The molecule has 0 spiro atoms. The number of aromatic nitrogens is 2. The molecule has 3 aromatic rings. The normalized spacial score (nSPS) is 10.5. The first kappa shape index (κ1) is 19.8. The Morgan fingerprint density at radius 3 is 2.74 bits per heavy atom. The Hall–Kier alpha value is -2.00. The number of carbonyl (C=O) groups excluding carboxylic acids is 1. The Kier molecular flexibility index (Phi) is 6.78. The number of carbonyl (C=O) groups is 1. The van der Waals surface area contributed by atoms with Gasteiger partial charge in [0, 0.05) is 0 Å². The fourth-order valence-electron chi connectivity index (χ4n) is 2.10. The van der Waals surface area contributed by atoms with Crippen LogP contribution in [-0.2, 0) is 4.79 Å². The third-order valence-electron chi connectivity index (χ3n) is 3.31. The van der Waals surface area contributed by atoms with Gasteiger partial charge in [0.15, 0.2) is 4.34 Å². The number of rotatable bonds is 7. The average molecular weight is 441 g/mol. The van der Waals surface area contributed by atoms with E-state index in [-0.39, 0.29) is 11.7 Å². The summed E-state index contributed by atoms with van der Waals surface area (Å²) in [7, 11) is 1.60. The van der Waals surface area contributed by atoms with E-state index in [1.807, 2.05) is 24.3 Å². The molecule has 0 aliphatic heterocycles. The van der Waals surface area contributed by atoms with E-state index in [2.05, 4.69) is 20.8 Å². The van der Waals surface area contributed by atoms with E-state index < -0.39 is 0 Å². The third-order valence-corrected chi connectivity index (χ3v) is 6.10. The van der Waals surface area contributed by atoms with Crippen molar-refractivity contribution in [3.8, 4) is 5.75 Å². The average Bonchev–Trinajstić information content (AvgIpc) is 3.12. The van der Waals surface area contributed by atoms with Crippen molar-refractivity contribution in [2.45, 2.75) is 4.34 Å². The van der Waals surface area contributed by atoms with Gasteiger partial charge in [0.2, 0.25) is 11.0 Å². The lowest BCUT2D eigenvalue weighted by molar-refractivity contribution is -0.113. The second-order valence-electron chi connectivity index (χ2n) is 5.14. The molecule has 0 saturated carbocycles. The molecule has 2 aromatic carbocycles. The fraction of sp³-hybridized carbons (Fsp3) is 0.118. The summed E-state index contributed by atoms with van der Waals surface area (Å²) in [4.78, 5) is 12.1. The van der Waals surface area contributed by atoms with E-state index in [1.54, 1.807) is 25.3 Å². The van der Waals surface area contributed by atoms with Gasteiger partial charge in [-0.3, -0.25) is 4.79 Å².